The number of rotatable bonds is 8. The SMILES string of the molecule is COCCNC(=O)c1cnc(NCCc2cccc(Cl)c2)cn1. The van der Waals surface area contributed by atoms with E-state index < -0.39 is 0 Å². The third-order valence-electron chi connectivity index (χ3n) is 3.09. The Bertz CT molecular complexity index is 634. The quantitative estimate of drug-likeness (QED) is 0.723. The zero-order chi connectivity index (χ0) is 16.5. The molecule has 2 aromatic rings. The lowest BCUT2D eigenvalue weighted by atomic mass is 10.1. The molecule has 0 spiro atoms. The number of aromatic nitrogens is 2. The van der Waals surface area contributed by atoms with Crippen molar-refractivity contribution in [1.82, 2.24) is 15.3 Å². The minimum Gasteiger partial charge on any atom is -0.383 e. The third-order valence-corrected chi connectivity index (χ3v) is 3.32. The van der Waals surface area contributed by atoms with Gasteiger partial charge in [0.2, 0.25) is 0 Å². The monoisotopic (exact) mass is 334 g/mol. The summed E-state index contributed by atoms with van der Waals surface area (Å²) in [6.45, 7) is 1.60. The van der Waals surface area contributed by atoms with Gasteiger partial charge in [0.15, 0.2) is 0 Å². The van der Waals surface area contributed by atoms with E-state index in [0.29, 0.717) is 25.5 Å². The molecule has 0 aliphatic heterocycles. The molecule has 2 rings (SSSR count). The van der Waals surface area contributed by atoms with Crippen LogP contribution in [0, 0.1) is 0 Å². The Morgan fingerprint density at radius 3 is 2.83 bits per heavy atom. The van der Waals surface area contributed by atoms with E-state index in [-0.39, 0.29) is 11.6 Å². The number of methoxy groups -OCH3 is 1. The molecule has 6 nitrogen and oxygen atoms in total. The molecule has 1 aromatic carbocycles. The van der Waals surface area contributed by atoms with Crippen LogP contribution in [-0.4, -0.2) is 42.7 Å². The zero-order valence-electron chi connectivity index (χ0n) is 12.9. The number of nitrogens with one attached hydrogen (secondary N) is 2. The molecule has 0 aliphatic carbocycles. The van der Waals surface area contributed by atoms with Crippen molar-refractivity contribution >= 4 is 23.3 Å². The van der Waals surface area contributed by atoms with Crippen molar-refractivity contribution in [2.75, 3.05) is 32.1 Å². The largest absolute Gasteiger partial charge is 0.383 e. The summed E-state index contributed by atoms with van der Waals surface area (Å²) >= 11 is 5.94. The van der Waals surface area contributed by atoms with Gasteiger partial charge in [0, 0.05) is 25.2 Å². The molecule has 122 valence electrons. The topological polar surface area (TPSA) is 76.1 Å². The fraction of sp³-hybridized carbons (Fsp3) is 0.312. The van der Waals surface area contributed by atoms with Crippen LogP contribution in [-0.2, 0) is 11.2 Å². The minimum atomic E-state index is -0.264. The van der Waals surface area contributed by atoms with E-state index in [4.69, 9.17) is 16.3 Å². The van der Waals surface area contributed by atoms with Crippen molar-refractivity contribution in [2.45, 2.75) is 6.42 Å². The lowest BCUT2D eigenvalue weighted by Crippen LogP contribution is -2.27. The Kier molecular flexibility index (Phi) is 6.77. The molecule has 23 heavy (non-hydrogen) atoms. The number of hydrogen-bond donors (Lipinski definition) is 2. The summed E-state index contributed by atoms with van der Waals surface area (Å²) in [4.78, 5) is 20.0. The molecule has 0 saturated carbocycles. The molecule has 0 radical (unpaired) electrons. The van der Waals surface area contributed by atoms with Crippen molar-refractivity contribution in [3.63, 3.8) is 0 Å². The van der Waals surface area contributed by atoms with E-state index in [0.717, 1.165) is 17.0 Å². The molecule has 1 amide bonds. The maximum atomic E-state index is 11.8. The zero-order valence-corrected chi connectivity index (χ0v) is 13.6. The van der Waals surface area contributed by atoms with Gasteiger partial charge in [-0.2, -0.15) is 0 Å². The van der Waals surface area contributed by atoms with Gasteiger partial charge in [0.05, 0.1) is 19.0 Å². The van der Waals surface area contributed by atoms with Crippen LogP contribution in [0.2, 0.25) is 5.02 Å². The number of halogens is 1. The first-order valence-corrected chi connectivity index (χ1v) is 7.64. The van der Waals surface area contributed by atoms with Crippen LogP contribution < -0.4 is 10.6 Å². The summed E-state index contributed by atoms with van der Waals surface area (Å²) < 4.78 is 4.87. The van der Waals surface area contributed by atoms with E-state index in [2.05, 4.69) is 20.6 Å². The summed E-state index contributed by atoms with van der Waals surface area (Å²) in [5, 5.41) is 6.58. The summed E-state index contributed by atoms with van der Waals surface area (Å²) in [6.07, 6.45) is 3.81. The van der Waals surface area contributed by atoms with E-state index in [9.17, 15) is 4.79 Å². The second-order valence-electron chi connectivity index (χ2n) is 4.84. The van der Waals surface area contributed by atoms with Crippen molar-refractivity contribution in [2.24, 2.45) is 0 Å². The standard InChI is InChI=1S/C16H19ClN4O2/c1-23-8-7-19-16(22)14-10-21-15(11-20-14)18-6-5-12-3-2-4-13(17)9-12/h2-4,9-11H,5-8H2,1H3,(H,18,21)(H,19,22). The Labute approximate surface area is 140 Å². The van der Waals surface area contributed by atoms with Crippen LogP contribution in [0.25, 0.3) is 0 Å². The second-order valence-corrected chi connectivity index (χ2v) is 5.28. The minimum absolute atomic E-state index is 0.264. The summed E-state index contributed by atoms with van der Waals surface area (Å²) in [5.41, 5.74) is 1.42. The van der Waals surface area contributed by atoms with Crippen molar-refractivity contribution in [3.05, 3.63) is 52.9 Å². The number of carbonyl (C=O) groups excluding carboxylic acids is 1. The fourth-order valence-corrected chi connectivity index (χ4v) is 2.13. The van der Waals surface area contributed by atoms with Gasteiger partial charge in [0.25, 0.3) is 5.91 Å². The fourth-order valence-electron chi connectivity index (χ4n) is 1.92. The number of anilines is 1. The summed E-state index contributed by atoms with van der Waals surface area (Å²) in [6, 6.07) is 7.73. The Balaban J connectivity index is 1.79. The smallest absolute Gasteiger partial charge is 0.271 e. The average Bonchev–Trinajstić information content (AvgIpc) is 2.56. The first-order valence-electron chi connectivity index (χ1n) is 7.26. The van der Waals surface area contributed by atoms with Crippen LogP contribution >= 0.6 is 11.6 Å². The lowest BCUT2D eigenvalue weighted by molar-refractivity contribution is 0.0932. The van der Waals surface area contributed by atoms with Gasteiger partial charge in [-0.15, -0.1) is 0 Å². The number of ether oxygens (including phenoxy) is 1. The Morgan fingerprint density at radius 2 is 2.13 bits per heavy atom. The van der Waals surface area contributed by atoms with Crippen LogP contribution in [0.4, 0.5) is 5.82 Å². The van der Waals surface area contributed by atoms with Gasteiger partial charge in [0.1, 0.15) is 11.5 Å². The first-order chi connectivity index (χ1) is 11.2. The number of benzene rings is 1. The van der Waals surface area contributed by atoms with Gasteiger partial charge in [-0.3, -0.25) is 4.79 Å². The van der Waals surface area contributed by atoms with Crippen LogP contribution in [0.5, 0.6) is 0 Å². The van der Waals surface area contributed by atoms with E-state index >= 15 is 0 Å². The molecule has 0 aliphatic rings. The molecule has 7 heteroatoms. The normalized spacial score (nSPS) is 10.3. The number of nitrogens with zero attached hydrogens (tertiary/aromatic N) is 2. The van der Waals surface area contributed by atoms with Gasteiger partial charge in [-0.1, -0.05) is 23.7 Å². The van der Waals surface area contributed by atoms with Gasteiger partial charge in [-0.25, -0.2) is 9.97 Å². The van der Waals surface area contributed by atoms with Gasteiger partial charge in [-0.05, 0) is 24.1 Å². The van der Waals surface area contributed by atoms with Crippen molar-refractivity contribution in [1.29, 1.82) is 0 Å². The molecule has 1 heterocycles. The molecule has 0 saturated heterocycles. The maximum Gasteiger partial charge on any atom is 0.271 e. The highest BCUT2D eigenvalue weighted by atomic mass is 35.5. The molecule has 0 bridgehead atoms. The van der Waals surface area contributed by atoms with Gasteiger partial charge < -0.3 is 15.4 Å². The Hall–Kier alpha value is -2.18. The van der Waals surface area contributed by atoms with Gasteiger partial charge >= 0.3 is 0 Å². The van der Waals surface area contributed by atoms with Crippen LogP contribution in [0.15, 0.2) is 36.7 Å². The maximum absolute atomic E-state index is 11.8. The van der Waals surface area contributed by atoms with E-state index in [1.807, 2.05) is 24.3 Å². The highest BCUT2D eigenvalue weighted by molar-refractivity contribution is 6.30. The predicted octanol–water partition coefficient (Wildman–Crippen LogP) is 2.16. The molecular formula is C16H19ClN4O2. The molecule has 0 unspecified atom stereocenters. The average molecular weight is 335 g/mol. The lowest BCUT2D eigenvalue weighted by Gasteiger charge is -2.07. The second kappa shape index (κ2) is 9.07. The highest BCUT2D eigenvalue weighted by Crippen LogP contribution is 2.11. The van der Waals surface area contributed by atoms with Crippen molar-refractivity contribution in [3.8, 4) is 0 Å². The predicted molar refractivity (Wildman–Crippen MR) is 89.9 cm³/mol. The Morgan fingerprint density at radius 1 is 1.26 bits per heavy atom. The summed E-state index contributed by atoms with van der Waals surface area (Å²) in [5.74, 6) is 0.362. The highest BCUT2D eigenvalue weighted by Gasteiger charge is 2.07. The number of carbonyl (C=O) groups is 1. The molecule has 2 N–H and O–H groups in total. The molecule has 0 atom stereocenters. The molecule has 0 fully saturated rings. The first kappa shape index (κ1) is 17.2. The van der Waals surface area contributed by atoms with Crippen LogP contribution in [0.1, 0.15) is 16.1 Å². The van der Waals surface area contributed by atoms with Crippen LogP contribution in [0.3, 0.4) is 0 Å². The summed E-state index contributed by atoms with van der Waals surface area (Å²) in [7, 11) is 1.58. The van der Waals surface area contributed by atoms with E-state index in [1.165, 1.54) is 6.20 Å². The van der Waals surface area contributed by atoms with Crippen molar-refractivity contribution < 1.29 is 9.53 Å². The number of amides is 1. The molecule has 1 aromatic heterocycles. The molecular weight excluding hydrogens is 316 g/mol. The number of hydrogen-bond acceptors (Lipinski definition) is 5. The van der Waals surface area contributed by atoms with E-state index in [1.54, 1.807) is 13.3 Å². The third kappa shape index (κ3) is 5.84.